The number of benzene rings is 1. The second-order valence-electron chi connectivity index (χ2n) is 4.77. The van der Waals surface area contributed by atoms with E-state index in [0.29, 0.717) is 10.6 Å². The molecule has 0 aliphatic carbocycles. The predicted molar refractivity (Wildman–Crippen MR) is 86.2 cm³/mol. The summed E-state index contributed by atoms with van der Waals surface area (Å²) in [6.07, 6.45) is 1.07. The number of thiophene rings is 1. The van der Waals surface area contributed by atoms with Gasteiger partial charge in [0, 0.05) is 23.2 Å². The number of rotatable bonds is 5. The molecule has 0 atom stereocenters. The van der Waals surface area contributed by atoms with Crippen LogP contribution < -0.4 is 15.8 Å². The van der Waals surface area contributed by atoms with E-state index in [2.05, 4.69) is 10.0 Å². The summed E-state index contributed by atoms with van der Waals surface area (Å²) in [5, 5.41) is 3.53. The highest BCUT2D eigenvalue weighted by Gasteiger charge is 2.16. The number of nitrogens with two attached hydrogens (primary N) is 1. The Morgan fingerprint density at radius 1 is 1.33 bits per heavy atom. The normalized spacial score (nSPS) is 11.7. The summed E-state index contributed by atoms with van der Waals surface area (Å²) >= 11 is 1.33. The molecule has 1 amide bonds. The lowest BCUT2D eigenvalue weighted by Gasteiger charge is -2.05. The smallest absolute Gasteiger partial charge is 0.263 e. The van der Waals surface area contributed by atoms with Gasteiger partial charge in [0.1, 0.15) is 4.88 Å². The molecule has 0 spiro atoms. The summed E-state index contributed by atoms with van der Waals surface area (Å²) in [6, 6.07) is 5.85. The molecule has 6 nitrogen and oxygen atoms in total. The molecule has 4 N–H and O–H groups in total. The van der Waals surface area contributed by atoms with Crippen molar-refractivity contribution >= 4 is 43.0 Å². The topological polar surface area (TPSA) is 101 Å². The minimum Gasteiger partial charge on any atom is -0.397 e. The van der Waals surface area contributed by atoms with E-state index < -0.39 is 10.0 Å². The maximum atomic E-state index is 12.1. The summed E-state index contributed by atoms with van der Waals surface area (Å²) in [6.45, 7) is 2.32. The molecule has 0 fully saturated rings. The van der Waals surface area contributed by atoms with Crippen molar-refractivity contribution in [2.45, 2.75) is 6.92 Å². The molecule has 0 aliphatic rings. The van der Waals surface area contributed by atoms with Crippen molar-refractivity contribution in [1.29, 1.82) is 0 Å². The standard InChI is InChI=1S/C13H17N3O3S2/c1-8-3-4-10-9(7-8)11(14)12(20-10)13(17)15-5-6-16-21(2,18)19/h3-4,7,16H,5-6,14H2,1-2H3,(H,15,17). The molecule has 0 radical (unpaired) electrons. The first-order valence-electron chi connectivity index (χ1n) is 6.29. The molecule has 114 valence electrons. The van der Waals surface area contributed by atoms with Crippen molar-refractivity contribution in [3.8, 4) is 0 Å². The van der Waals surface area contributed by atoms with E-state index in [1.165, 1.54) is 11.3 Å². The van der Waals surface area contributed by atoms with Crippen molar-refractivity contribution in [2.24, 2.45) is 0 Å². The Morgan fingerprint density at radius 3 is 2.71 bits per heavy atom. The van der Waals surface area contributed by atoms with Crippen molar-refractivity contribution in [3.05, 3.63) is 28.6 Å². The third-order valence-electron chi connectivity index (χ3n) is 2.86. The van der Waals surface area contributed by atoms with Gasteiger partial charge >= 0.3 is 0 Å². The van der Waals surface area contributed by atoms with E-state index in [1.54, 1.807) is 0 Å². The fourth-order valence-corrected chi connectivity index (χ4v) is 3.38. The Kier molecular flexibility index (Phi) is 4.50. The Balaban J connectivity index is 2.08. The Labute approximate surface area is 127 Å². The lowest BCUT2D eigenvalue weighted by molar-refractivity contribution is 0.0959. The quantitative estimate of drug-likeness (QED) is 0.715. The van der Waals surface area contributed by atoms with Crippen LogP contribution in [0.1, 0.15) is 15.2 Å². The van der Waals surface area contributed by atoms with Crippen LogP contribution in [-0.2, 0) is 10.0 Å². The molecular weight excluding hydrogens is 310 g/mol. The lowest BCUT2D eigenvalue weighted by Crippen LogP contribution is -2.34. The number of fused-ring (bicyclic) bond motifs is 1. The Bertz CT molecular complexity index is 781. The summed E-state index contributed by atoms with van der Waals surface area (Å²) < 4.78 is 25.1. The van der Waals surface area contributed by atoms with Crippen LogP contribution in [0.3, 0.4) is 0 Å². The molecule has 0 saturated carbocycles. The molecule has 0 bridgehead atoms. The van der Waals surface area contributed by atoms with Crippen LogP contribution in [0.15, 0.2) is 18.2 Å². The zero-order valence-electron chi connectivity index (χ0n) is 11.8. The van der Waals surface area contributed by atoms with Gasteiger partial charge in [-0.2, -0.15) is 0 Å². The van der Waals surface area contributed by atoms with E-state index in [0.717, 1.165) is 21.9 Å². The number of sulfonamides is 1. The molecule has 0 aliphatic heterocycles. The van der Waals surface area contributed by atoms with E-state index in [9.17, 15) is 13.2 Å². The van der Waals surface area contributed by atoms with Crippen molar-refractivity contribution < 1.29 is 13.2 Å². The Morgan fingerprint density at radius 2 is 2.05 bits per heavy atom. The molecule has 8 heteroatoms. The van der Waals surface area contributed by atoms with Gasteiger partial charge in [0.2, 0.25) is 10.0 Å². The highest BCUT2D eigenvalue weighted by atomic mass is 32.2. The first kappa shape index (κ1) is 15.7. The highest BCUT2D eigenvalue weighted by Crippen LogP contribution is 2.33. The van der Waals surface area contributed by atoms with Crippen molar-refractivity contribution in [2.75, 3.05) is 25.1 Å². The van der Waals surface area contributed by atoms with E-state index >= 15 is 0 Å². The average molecular weight is 327 g/mol. The largest absolute Gasteiger partial charge is 0.397 e. The number of nitrogen functional groups attached to an aromatic ring is 1. The summed E-state index contributed by atoms with van der Waals surface area (Å²) in [7, 11) is -3.24. The Hall–Kier alpha value is -1.64. The van der Waals surface area contributed by atoms with Crippen molar-refractivity contribution in [3.63, 3.8) is 0 Å². The van der Waals surface area contributed by atoms with Crippen LogP contribution in [-0.4, -0.2) is 33.7 Å². The average Bonchev–Trinajstić information content (AvgIpc) is 2.71. The number of anilines is 1. The molecular formula is C13H17N3O3S2. The first-order chi connectivity index (χ1) is 9.78. The second kappa shape index (κ2) is 6.00. The fourth-order valence-electron chi connectivity index (χ4n) is 1.89. The number of aryl methyl sites for hydroxylation is 1. The van der Waals surface area contributed by atoms with Crippen LogP contribution in [0.25, 0.3) is 10.1 Å². The van der Waals surface area contributed by atoms with Gasteiger partial charge in [0.15, 0.2) is 0 Å². The zero-order chi connectivity index (χ0) is 15.6. The van der Waals surface area contributed by atoms with E-state index in [1.807, 2.05) is 25.1 Å². The second-order valence-corrected chi connectivity index (χ2v) is 7.65. The molecule has 1 aromatic carbocycles. The van der Waals surface area contributed by atoms with E-state index in [4.69, 9.17) is 5.73 Å². The van der Waals surface area contributed by atoms with Gasteiger partial charge in [0.25, 0.3) is 5.91 Å². The molecule has 0 saturated heterocycles. The summed E-state index contributed by atoms with van der Waals surface area (Å²) in [5.74, 6) is -0.290. The van der Waals surface area contributed by atoms with Gasteiger partial charge in [-0.25, -0.2) is 13.1 Å². The number of carbonyl (C=O) groups excluding carboxylic acids is 1. The van der Waals surface area contributed by atoms with Crippen LogP contribution in [0, 0.1) is 6.92 Å². The van der Waals surface area contributed by atoms with Gasteiger partial charge in [-0.05, 0) is 19.1 Å². The van der Waals surface area contributed by atoms with Gasteiger partial charge in [-0.3, -0.25) is 4.79 Å². The molecule has 2 rings (SSSR count). The van der Waals surface area contributed by atoms with Crippen LogP contribution in [0.4, 0.5) is 5.69 Å². The predicted octanol–water partition coefficient (Wildman–Crippen LogP) is 1.07. The summed E-state index contributed by atoms with van der Waals surface area (Å²) in [5.41, 5.74) is 7.57. The molecule has 2 aromatic rings. The molecule has 0 unspecified atom stereocenters. The first-order valence-corrected chi connectivity index (χ1v) is 9.00. The maximum Gasteiger partial charge on any atom is 0.263 e. The monoisotopic (exact) mass is 327 g/mol. The van der Waals surface area contributed by atoms with Gasteiger partial charge in [-0.15, -0.1) is 11.3 Å². The minimum atomic E-state index is -3.24. The van der Waals surface area contributed by atoms with Crippen molar-refractivity contribution in [1.82, 2.24) is 10.0 Å². The zero-order valence-corrected chi connectivity index (χ0v) is 13.4. The number of amides is 1. The van der Waals surface area contributed by atoms with Gasteiger partial charge < -0.3 is 11.1 Å². The molecule has 1 heterocycles. The molecule has 1 aromatic heterocycles. The summed E-state index contributed by atoms with van der Waals surface area (Å²) in [4.78, 5) is 12.5. The number of nitrogens with one attached hydrogen (secondary N) is 2. The fraction of sp³-hybridized carbons (Fsp3) is 0.308. The third-order valence-corrected chi connectivity index (χ3v) is 4.78. The highest BCUT2D eigenvalue weighted by molar-refractivity contribution is 7.88. The number of hydrogen-bond acceptors (Lipinski definition) is 5. The van der Waals surface area contributed by atoms with Gasteiger partial charge in [0.05, 0.1) is 11.9 Å². The SMILES string of the molecule is Cc1ccc2sc(C(=O)NCCNS(C)(=O)=O)c(N)c2c1. The van der Waals surface area contributed by atoms with E-state index in [-0.39, 0.29) is 19.0 Å². The van der Waals surface area contributed by atoms with Crippen LogP contribution >= 0.6 is 11.3 Å². The van der Waals surface area contributed by atoms with Crippen LogP contribution in [0.2, 0.25) is 0 Å². The molecule has 21 heavy (non-hydrogen) atoms. The maximum absolute atomic E-state index is 12.1. The minimum absolute atomic E-state index is 0.147. The lowest BCUT2D eigenvalue weighted by atomic mass is 10.1. The third kappa shape index (κ3) is 3.93. The van der Waals surface area contributed by atoms with Gasteiger partial charge in [-0.1, -0.05) is 11.6 Å². The van der Waals surface area contributed by atoms with Crippen LogP contribution in [0.5, 0.6) is 0 Å². The number of hydrogen-bond donors (Lipinski definition) is 3. The number of carbonyl (C=O) groups is 1.